The first-order valence-electron chi connectivity index (χ1n) is 10.5. The minimum absolute atomic E-state index is 0.0193. The fourth-order valence-corrected chi connectivity index (χ4v) is 5.07. The van der Waals surface area contributed by atoms with Gasteiger partial charge >= 0.3 is 0 Å². The highest BCUT2D eigenvalue weighted by Gasteiger charge is 2.60. The van der Waals surface area contributed by atoms with Crippen molar-refractivity contribution >= 4 is 17.7 Å². The summed E-state index contributed by atoms with van der Waals surface area (Å²) in [6.07, 6.45) is 7.69. The van der Waals surface area contributed by atoms with E-state index in [1.165, 1.54) is 0 Å². The van der Waals surface area contributed by atoms with Gasteiger partial charge in [-0.2, -0.15) is 0 Å². The fourth-order valence-electron chi connectivity index (χ4n) is 5.07. The highest BCUT2D eigenvalue weighted by Crippen LogP contribution is 2.52. The van der Waals surface area contributed by atoms with E-state index in [1.807, 2.05) is 24.0 Å². The average Bonchev–Trinajstić information content (AvgIpc) is 3.34. The Morgan fingerprint density at radius 1 is 1.29 bits per heavy atom. The number of nitrogens with one attached hydrogen (secondary N) is 1. The van der Waals surface area contributed by atoms with Crippen LogP contribution in [0.3, 0.4) is 0 Å². The minimum atomic E-state index is -0.710. The zero-order chi connectivity index (χ0) is 22.2. The molecule has 2 fully saturated rings. The molecule has 3 N–H and O–H groups in total. The predicted molar refractivity (Wildman–Crippen MR) is 113 cm³/mol. The Bertz CT molecular complexity index is 1030. The topological polar surface area (TPSA) is 131 Å². The van der Waals surface area contributed by atoms with Gasteiger partial charge in [0.05, 0.1) is 23.2 Å². The molecule has 9 nitrogen and oxygen atoms in total. The summed E-state index contributed by atoms with van der Waals surface area (Å²) in [5.41, 5.74) is 6.28. The van der Waals surface area contributed by atoms with E-state index in [0.717, 1.165) is 18.4 Å². The lowest BCUT2D eigenvalue weighted by atomic mass is 9.71. The lowest BCUT2D eigenvalue weighted by molar-refractivity contribution is -0.134. The van der Waals surface area contributed by atoms with E-state index in [2.05, 4.69) is 20.3 Å². The number of primary amides is 1. The summed E-state index contributed by atoms with van der Waals surface area (Å²) in [5, 5.41) is 2.65. The molecule has 3 atom stereocenters. The second kappa shape index (κ2) is 8.05. The molecule has 2 bridgehead atoms. The van der Waals surface area contributed by atoms with E-state index in [1.54, 1.807) is 25.5 Å². The van der Waals surface area contributed by atoms with Gasteiger partial charge < -0.3 is 16.0 Å². The summed E-state index contributed by atoms with van der Waals surface area (Å²) in [6.45, 7) is 3.54. The number of aromatic nitrogens is 3. The molecule has 2 aliphatic heterocycles. The summed E-state index contributed by atoms with van der Waals surface area (Å²) in [4.78, 5) is 52.4. The van der Waals surface area contributed by atoms with E-state index in [-0.39, 0.29) is 30.4 Å². The molecule has 2 aliphatic rings. The van der Waals surface area contributed by atoms with Crippen LogP contribution in [0.2, 0.25) is 0 Å². The Hall–Kier alpha value is -3.36. The second-order valence-electron chi connectivity index (χ2n) is 8.26. The third kappa shape index (κ3) is 3.54. The predicted octanol–water partition coefficient (Wildman–Crippen LogP) is 1.22. The standard InChI is InChI=1S/C22H26N6O3/c1-3-22(21(31)26-12-18(23)29)9-15-6-7-17(22)28(15)20(30)16-11-25-19(27-13(16)2)14-5-4-8-24-10-14/h4-5,8,10-11,15,17H,3,6-7,9,12H2,1-2H3,(H2,23,29)(H,26,31)/t15-,17+,22+/m1/s1. The van der Waals surface area contributed by atoms with Crippen molar-refractivity contribution < 1.29 is 14.4 Å². The fraction of sp³-hybridized carbons (Fsp3) is 0.455. The van der Waals surface area contributed by atoms with Crippen LogP contribution in [-0.4, -0.2) is 56.2 Å². The van der Waals surface area contributed by atoms with Gasteiger partial charge in [0.15, 0.2) is 5.82 Å². The van der Waals surface area contributed by atoms with Crippen LogP contribution >= 0.6 is 0 Å². The van der Waals surface area contributed by atoms with Gasteiger partial charge in [-0.1, -0.05) is 6.92 Å². The Morgan fingerprint density at radius 2 is 2.10 bits per heavy atom. The Labute approximate surface area is 180 Å². The number of rotatable bonds is 6. The summed E-state index contributed by atoms with van der Waals surface area (Å²) in [7, 11) is 0. The molecule has 0 aromatic carbocycles. The number of amides is 3. The van der Waals surface area contributed by atoms with Crippen molar-refractivity contribution in [1.29, 1.82) is 0 Å². The van der Waals surface area contributed by atoms with Gasteiger partial charge in [-0.05, 0) is 44.7 Å². The normalized spacial score (nSPS) is 24.3. The van der Waals surface area contributed by atoms with Crippen LogP contribution in [0.5, 0.6) is 0 Å². The van der Waals surface area contributed by atoms with Crippen LogP contribution in [0.4, 0.5) is 0 Å². The number of nitrogens with two attached hydrogens (primary N) is 1. The highest BCUT2D eigenvalue weighted by atomic mass is 16.2. The summed E-state index contributed by atoms with van der Waals surface area (Å²) < 4.78 is 0. The number of carbonyl (C=O) groups is 3. The maximum Gasteiger partial charge on any atom is 0.257 e. The van der Waals surface area contributed by atoms with E-state index >= 15 is 0 Å². The van der Waals surface area contributed by atoms with E-state index < -0.39 is 11.3 Å². The molecule has 0 unspecified atom stereocenters. The molecular formula is C22H26N6O3. The van der Waals surface area contributed by atoms with Gasteiger partial charge in [-0.25, -0.2) is 9.97 Å². The van der Waals surface area contributed by atoms with Crippen molar-refractivity contribution in [3.8, 4) is 11.4 Å². The molecule has 0 radical (unpaired) electrons. The molecule has 0 spiro atoms. The molecule has 0 aliphatic carbocycles. The van der Waals surface area contributed by atoms with Crippen molar-refractivity contribution in [2.24, 2.45) is 11.1 Å². The first kappa shape index (κ1) is 20.9. The van der Waals surface area contributed by atoms with Gasteiger partial charge in [0, 0.05) is 36.2 Å². The number of nitrogens with zero attached hydrogens (tertiary/aromatic N) is 4. The van der Waals surface area contributed by atoms with Crippen molar-refractivity contribution in [3.63, 3.8) is 0 Å². The minimum Gasteiger partial charge on any atom is -0.368 e. The molecule has 3 amide bonds. The number of carbonyl (C=O) groups excluding carboxylic acids is 3. The van der Waals surface area contributed by atoms with Crippen LogP contribution in [-0.2, 0) is 9.59 Å². The SMILES string of the molecule is CC[C@]1(C(=O)NCC(N)=O)C[C@H]2CC[C@@H]1N2C(=O)c1cnc(-c2cccnc2)nc1C. The number of aryl methyl sites for hydroxylation is 1. The maximum absolute atomic E-state index is 13.5. The second-order valence-corrected chi connectivity index (χ2v) is 8.26. The molecule has 2 aromatic heterocycles. The van der Waals surface area contributed by atoms with Crippen molar-refractivity contribution in [1.82, 2.24) is 25.2 Å². The third-order valence-corrected chi connectivity index (χ3v) is 6.61. The van der Waals surface area contributed by atoms with Gasteiger partial charge in [-0.3, -0.25) is 19.4 Å². The Kier molecular flexibility index (Phi) is 5.43. The zero-order valence-electron chi connectivity index (χ0n) is 17.7. The highest BCUT2D eigenvalue weighted by molar-refractivity contribution is 5.97. The molecule has 4 heterocycles. The quantitative estimate of drug-likeness (QED) is 0.720. The smallest absolute Gasteiger partial charge is 0.257 e. The lowest BCUT2D eigenvalue weighted by Gasteiger charge is -2.35. The molecule has 4 rings (SSSR count). The molecule has 31 heavy (non-hydrogen) atoms. The molecular weight excluding hydrogens is 396 g/mol. The van der Waals surface area contributed by atoms with Crippen LogP contribution in [0.15, 0.2) is 30.7 Å². The monoisotopic (exact) mass is 422 g/mol. The third-order valence-electron chi connectivity index (χ3n) is 6.61. The molecule has 2 saturated heterocycles. The Morgan fingerprint density at radius 3 is 2.74 bits per heavy atom. The van der Waals surface area contributed by atoms with Gasteiger partial charge in [0.2, 0.25) is 11.8 Å². The number of pyridine rings is 1. The Balaban J connectivity index is 1.59. The van der Waals surface area contributed by atoms with E-state index in [9.17, 15) is 14.4 Å². The lowest BCUT2D eigenvalue weighted by Crippen LogP contribution is -2.51. The first-order valence-corrected chi connectivity index (χ1v) is 10.5. The van der Waals surface area contributed by atoms with Crippen LogP contribution in [0.25, 0.3) is 11.4 Å². The number of hydrogen-bond donors (Lipinski definition) is 2. The maximum atomic E-state index is 13.5. The van der Waals surface area contributed by atoms with Crippen LogP contribution in [0, 0.1) is 12.3 Å². The van der Waals surface area contributed by atoms with E-state index in [4.69, 9.17) is 5.73 Å². The molecule has 162 valence electrons. The van der Waals surface area contributed by atoms with Crippen molar-refractivity contribution in [2.75, 3.05) is 6.54 Å². The number of hydrogen-bond acceptors (Lipinski definition) is 6. The molecule has 2 aromatic rings. The number of fused-ring (bicyclic) bond motifs is 2. The molecule has 0 saturated carbocycles. The van der Waals surface area contributed by atoms with Crippen LogP contribution in [0.1, 0.15) is 48.7 Å². The summed E-state index contributed by atoms with van der Waals surface area (Å²) in [5.74, 6) is -0.433. The van der Waals surface area contributed by atoms with Crippen molar-refractivity contribution in [3.05, 3.63) is 42.0 Å². The largest absolute Gasteiger partial charge is 0.368 e. The summed E-state index contributed by atoms with van der Waals surface area (Å²) >= 11 is 0. The van der Waals surface area contributed by atoms with Crippen molar-refractivity contribution in [2.45, 2.75) is 51.6 Å². The van der Waals surface area contributed by atoms with Gasteiger partial charge in [-0.15, -0.1) is 0 Å². The van der Waals surface area contributed by atoms with Gasteiger partial charge in [0.25, 0.3) is 5.91 Å². The zero-order valence-corrected chi connectivity index (χ0v) is 17.7. The molecule has 9 heteroatoms. The van der Waals surface area contributed by atoms with E-state index in [0.29, 0.717) is 29.9 Å². The summed E-state index contributed by atoms with van der Waals surface area (Å²) in [6, 6.07) is 3.43. The van der Waals surface area contributed by atoms with Gasteiger partial charge in [0.1, 0.15) is 0 Å². The van der Waals surface area contributed by atoms with Crippen LogP contribution < -0.4 is 11.1 Å². The first-order chi connectivity index (χ1) is 14.9. The average molecular weight is 422 g/mol.